The minimum absolute atomic E-state index is 0.120. The molecule has 2 aromatic carbocycles. The van der Waals surface area contributed by atoms with E-state index in [2.05, 4.69) is 30.8 Å². The van der Waals surface area contributed by atoms with E-state index in [1.54, 1.807) is 44.2 Å². The first kappa shape index (κ1) is 24.4. The van der Waals surface area contributed by atoms with Crippen molar-refractivity contribution in [1.82, 2.24) is 35.2 Å². The van der Waals surface area contributed by atoms with Gasteiger partial charge in [-0.1, -0.05) is 18.2 Å². The van der Waals surface area contributed by atoms with E-state index in [0.717, 1.165) is 9.96 Å². The van der Waals surface area contributed by atoms with Gasteiger partial charge in [-0.3, -0.25) is 9.59 Å². The number of aryl methyl sites for hydroxylation is 1. The second-order valence-electron chi connectivity index (χ2n) is 8.53. The van der Waals surface area contributed by atoms with E-state index >= 15 is 0 Å². The van der Waals surface area contributed by atoms with E-state index < -0.39 is 29.5 Å². The Morgan fingerprint density at radius 3 is 2.58 bits per heavy atom. The number of oxazole rings is 1. The highest BCUT2D eigenvalue weighted by atomic mass is 16.4. The van der Waals surface area contributed by atoms with Gasteiger partial charge < -0.3 is 20.2 Å². The van der Waals surface area contributed by atoms with Crippen LogP contribution < -0.4 is 16.3 Å². The van der Waals surface area contributed by atoms with E-state index in [1.807, 2.05) is 0 Å². The van der Waals surface area contributed by atoms with Crippen molar-refractivity contribution >= 4 is 34.7 Å². The number of benzene rings is 2. The SMILES string of the molecule is Cc1nc2cc(CNC(=O)c3cc(C(=O)N[C@H](C)c4ccc(C(=O)O)cc4)nc4n[nH]c(=O)n34)ccc2o1. The Morgan fingerprint density at radius 1 is 1.08 bits per heavy atom. The number of aromatic nitrogens is 5. The van der Waals surface area contributed by atoms with Gasteiger partial charge >= 0.3 is 11.7 Å². The Hall–Kier alpha value is -5.33. The Bertz CT molecular complexity index is 1770. The molecule has 13 heteroatoms. The predicted octanol–water partition coefficient (Wildman–Crippen LogP) is 1.99. The van der Waals surface area contributed by atoms with Crippen molar-refractivity contribution in [2.24, 2.45) is 0 Å². The first-order valence-corrected chi connectivity index (χ1v) is 11.5. The molecule has 5 aromatic rings. The summed E-state index contributed by atoms with van der Waals surface area (Å²) in [5, 5.41) is 20.6. The number of amides is 2. The van der Waals surface area contributed by atoms with E-state index in [0.29, 0.717) is 22.6 Å². The van der Waals surface area contributed by atoms with Gasteiger partial charge in [0.05, 0.1) is 11.6 Å². The third-order valence-electron chi connectivity index (χ3n) is 5.87. The van der Waals surface area contributed by atoms with E-state index in [9.17, 15) is 19.2 Å². The van der Waals surface area contributed by atoms with Crippen molar-refractivity contribution < 1.29 is 23.9 Å². The standard InChI is InChI=1S/C25H21N7O6/c1-12(15-4-6-16(7-5-15)23(35)36)27-21(33)18-10-19(32-24(29-18)30-31-25(32)37)22(34)26-11-14-3-8-20-17(9-14)28-13(2)38-20/h3-10,12H,11H2,1-2H3,(H,26,34)(H,27,33)(H,31,37)(H,35,36)/t12-/m1/s1. The number of nitrogens with zero attached hydrogens (tertiary/aromatic N) is 4. The highest BCUT2D eigenvalue weighted by Gasteiger charge is 2.21. The number of H-pyrrole nitrogens is 1. The Morgan fingerprint density at radius 2 is 1.84 bits per heavy atom. The molecular weight excluding hydrogens is 494 g/mol. The van der Waals surface area contributed by atoms with Gasteiger partial charge in [0.2, 0.25) is 0 Å². The van der Waals surface area contributed by atoms with Crippen LogP contribution in [0.25, 0.3) is 16.9 Å². The van der Waals surface area contributed by atoms with E-state index in [4.69, 9.17) is 9.52 Å². The molecule has 0 radical (unpaired) electrons. The lowest BCUT2D eigenvalue weighted by Gasteiger charge is -2.15. The summed E-state index contributed by atoms with van der Waals surface area (Å²) in [5.74, 6) is -1.91. The monoisotopic (exact) mass is 515 g/mol. The number of hydrogen-bond acceptors (Lipinski definition) is 8. The van der Waals surface area contributed by atoms with Crippen LogP contribution in [0.2, 0.25) is 0 Å². The molecule has 192 valence electrons. The lowest BCUT2D eigenvalue weighted by molar-refractivity contribution is 0.0696. The fourth-order valence-electron chi connectivity index (χ4n) is 3.94. The van der Waals surface area contributed by atoms with Gasteiger partial charge in [0.25, 0.3) is 17.6 Å². The van der Waals surface area contributed by atoms with Gasteiger partial charge in [0.1, 0.15) is 16.9 Å². The largest absolute Gasteiger partial charge is 0.478 e. The molecule has 0 aliphatic carbocycles. The summed E-state index contributed by atoms with van der Waals surface area (Å²) in [6.45, 7) is 3.58. The van der Waals surface area contributed by atoms with Crippen LogP contribution in [0.5, 0.6) is 0 Å². The maximum atomic E-state index is 13.1. The third-order valence-corrected chi connectivity index (χ3v) is 5.87. The molecule has 3 aromatic heterocycles. The van der Waals surface area contributed by atoms with Crippen molar-refractivity contribution in [3.05, 3.63) is 93.0 Å². The zero-order chi connectivity index (χ0) is 27.0. The molecule has 13 nitrogen and oxygen atoms in total. The van der Waals surface area contributed by atoms with E-state index in [1.165, 1.54) is 18.2 Å². The van der Waals surface area contributed by atoms with Crippen LogP contribution in [-0.4, -0.2) is 47.5 Å². The summed E-state index contributed by atoms with van der Waals surface area (Å²) >= 11 is 0. The number of aromatic amines is 1. The van der Waals surface area contributed by atoms with Crippen molar-refractivity contribution in [2.45, 2.75) is 26.4 Å². The molecule has 0 fully saturated rings. The highest BCUT2D eigenvalue weighted by molar-refractivity contribution is 5.98. The van der Waals surface area contributed by atoms with Crippen molar-refractivity contribution in [1.29, 1.82) is 0 Å². The summed E-state index contributed by atoms with van der Waals surface area (Å²) in [7, 11) is 0. The van der Waals surface area contributed by atoms with Gasteiger partial charge in [-0.2, -0.15) is 0 Å². The molecule has 4 N–H and O–H groups in total. The number of nitrogens with one attached hydrogen (secondary N) is 3. The Labute approximate surface area is 213 Å². The van der Waals surface area contributed by atoms with Crippen LogP contribution in [0.15, 0.2) is 57.7 Å². The minimum Gasteiger partial charge on any atom is -0.478 e. The zero-order valence-corrected chi connectivity index (χ0v) is 20.2. The Balaban J connectivity index is 1.37. The first-order chi connectivity index (χ1) is 18.2. The Kier molecular flexibility index (Phi) is 6.16. The number of carboxylic acid groups (broad SMARTS) is 1. The molecule has 0 aliphatic heterocycles. The molecular formula is C25H21N7O6. The topological polar surface area (TPSA) is 185 Å². The summed E-state index contributed by atoms with van der Waals surface area (Å²) in [5.41, 5.74) is 1.87. The highest BCUT2D eigenvalue weighted by Crippen LogP contribution is 2.17. The maximum absolute atomic E-state index is 13.1. The fourth-order valence-corrected chi connectivity index (χ4v) is 3.94. The molecule has 5 rings (SSSR count). The minimum atomic E-state index is -1.06. The third kappa shape index (κ3) is 4.72. The fraction of sp³-hybridized carbons (Fsp3) is 0.160. The molecule has 2 amide bonds. The van der Waals surface area contributed by atoms with Gasteiger partial charge in [-0.05, 0) is 48.4 Å². The molecule has 0 saturated heterocycles. The summed E-state index contributed by atoms with van der Waals surface area (Å²) in [6, 6.07) is 12.1. The average Bonchev–Trinajstić information content (AvgIpc) is 3.47. The number of rotatable bonds is 7. The normalized spacial score (nSPS) is 11.9. The smallest absolute Gasteiger partial charge is 0.349 e. The van der Waals surface area contributed by atoms with Gasteiger partial charge in [-0.15, -0.1) is 5.10 Å². The number of aromatic carboxylic acids is 1. The van der Waals surface area contributed by atoms with Crippen LogP contribution in [-0.2, 0) is 6.54 Å². The number of carbonyl (C=O) groups excluding carboxylic acids is 2. The van der Waals surface area contributed by atoms with Gasteiger partial charge in [-0.25, -0.2) is 29.1 Å². The summed E-state index contributed by atoms with van der Waals surface area (Å²) in [4.78, 5) is 57.9. The first-order valence-electron chi connectivity index (χ1n) is 11.5. The molecule has 3 heterocycles. The molecule has 0 saturated carbocycles. The lowest BCUT2D eigenvalue weighted by Crippen LogP contribution is -2.31. The molecule has 38 heavy (non-hydrogen) atoms. The van der Waals surface area contributed by atoms with Gasteiger partial charge in [0, 0.05) is 13.5 Å². The predicted molar refractivity (Wildman–Crippen MR) is 133 cm³/mol. The quantitative estimate of drug-likeness (QED) is 0.252. The number of carbonyl (C=O) groups is 3. The van der Waals surface area contributed by atoms with Crippen LogP contribution >= 0.6 is 0 Å². The molecule has 0 unspecified atom stereocenters. The second-order valence-corrected chi connectivity index (χ2v) is 8.53. The molecule has 0 aliphatic rings. The average molecular weight is 515 g/mol. The van der Waals surface area contributed by atoms with Crippen LogP contribution in [0.3, 0.4) is 0 Å². The number of hydrogen-bond donors (Lipinski definition) is 4. The number of fused-ring (bicyclic) bond motifs is 2. The van der Waals surface area contributed by atoms with Crippen LogP contribution in [0, 0.1) is 6.92 Å². The van der Waals surface area contributed by atoms with Crippen LogP contribution in [0.4, 0.5) is 0 Å². The molecule has 0 spiro atoms. The van der Waals surface area contributed by atoms with Crippen molar-refractivity contribution in [3.63, 3.8) is 0 Å². The number of carboxylic acids is 1. The van der Waals surface area contributed by atoms with Crippen molar-refractivity contribution in [3.8, 4) is 0 Å². The summed E-state index contributed by atoms with van der Waals surface area (Å²) in [6.07, 6.45) is 0. The van der Waals surface area contributed by atoms with Crippen molar-refractivity contribution in [2.75, 3.05) is 0 Å². The van der Waals surface area contributed by atoms with E-state index in [-0.39, 0.29) is 29.3 Å². The molecule has 0 bridgehead atoms. The lowest BCUT2D eigenvalue weighted by atomic mass is 10.1. The zero-order valence-electron chi connectivity index (χ0n) is 20.2. The molecule has 1 atom stereocenters. The summed E-state index contributed by atoms with van der Waals surface area (Å²) < 4.78 is 6.44. The van der Waals surface area contributed by atoms with Crippen LogP contribution in [0.1, 0.15) is 61.3 Å². The second kappa shape index (κ2) is 9.61. The van der Waals surface area contributed by atoms with Gasteiger partial charge in [0.15, 0.2) is 11.5 Å². The maximum Gasteiger partial charge on any atom is 0.349 e.